The second-order valence-corrected chi connectivity index (χ2v) is 2.19. The summed E-state index contributed by atoms with van der Waals surface area (Å²) in [6, 6.07) is 0. The Bertz CT molecular complexity index is 12.8. The summed E-state index contributed by atoms with van der Waals surface area (Å²) in [5.74, 6) is 0. The molecule has 0 rings (SSSR count). The molecule has 0 aliphatic carbocycles. The summed E-state index contributed by atoms with van der Waals surface area (Å²) in [5.41, 5.74) is 4.60. The molecule has 0 spiro atoms. The van der Waals surface area contributed by atoms with E-state index in [1.54, 1.807) is 0 Å². The lowest BCUT2D eigenvalue weighted by atomic mass is 13.9. The highest BCUT2D eigenvalue weighted by Crippen LogP contribution is 2.21. The summed E-state index contributed by atoms with van der Waals surface area (Å²) >= 11 is 3.36. The van der Waals surface area contributed by atoms with Crippen LogP contribution in [0, 0.1) is 0 Å². The van der Waals surface area contributed by atoms with Crippen LogP contribution in [0.2, 0.25) is 0 Å². The molecule has 0 aromatic rings. The first-order chi connectivity index (χ1) is 1.73. The van der Waals surface area contributed by atoms with Crippen LogP contribution in [0.5, 0.6) is 0 Å². The second-order valence-electron chi connectivity index (χ2n) is 0.320. The smallest absolute Gasteiger partial charge is 0.157 e. The van der Waals surface area contributed by atoms with Gasteiger partial charge in [0.25, 0.3) is 0 Å². The zero-order valence-electron chi connectivity index (χ0n) is 1.92. The van der Waals surface area contributed by atoms with E-state index in [0.717, 1.165) is 0 Å². The molecule has 0 aliphatic rings. The lowest BCUT2D eigenvalue weighted by Gasteiger charge is -1.79. The minimum atomic E-state index is -1.43. The molecule has 0 aromatic carbocycles. The Morgan fingerprint density at radius 3 is 2.00 bits per heavy atom. The molecule has 1 unspecified atom stereocenters. The Hall–Kier alpha value is 0.700. The van der Waals surface area contributed by atoms with Gasteiger partial charge in [-0.3, -0.25) is 5.50 Å². The van der Waals surface area contributed by atoms with E-state index in [9.17, 15) is 0 Å². The van der Waals surface area contributed by atoms with Gasteiger partial charge in [-0.05, 0) is 0 Å². The first-order valence-corrected chi connectivity index (χ1v) is 3.17. The van der Waals surface area contributed by atoms with Gasteiger partial charge < -0.3 is 4.89 Å². The minimum absolute atomic E-state index is 1.43. The lowest BCUT2D eigenvalue weighted by molar-refractivity contribution is 0.643. The molecular formula is H4NOPS. The van der Waals surface area contributed by atoms with Crippen LogP contribution in [-0.2, 0) is 0 Å². The molecule has 0 heterocycles. The second kappa shape index (κ2) is 1.97. The maximum atomic E-state index is 7.76. The monoisotopic (exact) mass is 97.0 g/mol. The van der Waals surface area contributed by atoms with E-state index >= 15 is 0 Å². The van der Waals surface area contributed by atoms with Crippen molar-refractivity contribution >= 4 is 19.7 Å². The molecule has 3 N–H and O–H groups in total. The minimum Gasteiger partial charge on any atom is -0.352 e. The summed E-state index contributed by atoms with van der Waals surface area (Å²) in [6.07, 6.45) is 0. The van der Waals surface area contributed by atoms with Gasteiger partial charge in [-0.25, -0.2) is 0 Å². The van der Waals surface area contributed by atoms with Crippen LogP contribution in [0.3, 0.4) is 0 Å². The molecule has 0 fully saturated rings. The molecule has 4 heavy (non-hydrogen) atoms. The molecule has 0 aliphatic heterocycles. The van der Waals surface area contributed by atoms with Gasteiger partial charge in [0.15, 0.2) is 7.50 Å². The molecular weight excluding hydrogens is 93.0 g/mol. The molecule has 0 saturated heterocycles. The van der Waals surface area contributed by atoms with Crippen molar-refractivity contribution in [2.24, 2.45) is 5.50 Å². The van der Waals surface area contributed by atoms with Crippen molar-refractivity contribution < 1.29 is 4.89 Å². The Morgan fingerprint density at radius 2 is 2.00 bits per heavy atom. The van der Waals surface area contributed by atoms with Gasteiger partial charge in [0.2, 0.25) is 0 Å². The van der Waals surface area contributed by atoms with Gasteiger partial charge in [0.1, 0.15) is 0 Å². The Morgan fingerprint density at radius 1 is 2.00 bits per heavy atom. The van der Waals surface area contributed by atoms with Crippen LogP contribution >= 0.6 is 19.7 Å². The Labute approximate surface area is 31.1 Å². The van der Waals surface area contributed by atoms with E-state index in [0.29, 0.717) is 0 Å². The number of nitrogens with two attached hydrogens (primary N) is 1. The maximum absolute atomic E-state index is 7.76. The summed E-state index contributed by atoms with van der Waals surface area (Å²) in [6.45, 7) is 0. The van der Waals surface area contributed by atoms with Crippen LogP contribution in [-0.4, -0.2) is 4.89 Å². The van der Waals surface area contributed by atoms with Gasteiger partial charge in [-0.15, -0.1) is 12.2 Å². The fraction of sp³-hybridized carbons (Fsp3) is 0. The molecule has 0 saturated carbocycles. The molecule has 0 bridgehead atoms. The van der Waals surface area contributed by atoms with Crippen molar-refractivity contribution in [1.82, 2.24) is 0 Å². The zero-order valence-corrected chi connectivity index (χ0v) is 3.71. The largest absolute Gasteiger partial charge is 0.352 e. The van der Waals surface area contributed by atoms with Crippen molar-refractivity contribution in [3.05, 3.63) is 0 Å². The van der Waals surface area contributed by atoms with E-state index in [2.05, 4.69) is 17.8 Å². The number of thiol groups is 1. The molecule has 2 nitrogen and oxygen atoms in total. The average molecular weight is 97.1 g/mol. The first-order valence-electron chi connectivity index (χ1n) is 0.658. The van der Waals surface area contributed by atoms with Crippen molar-refractivity contribution in [2.45, 2.75) is 0 Å². The van der Waals surface area contributed by atoms with Crippen LogP contribution in [0.4, 0.5) is 0 Å². The van der Waals surface area contributed by atoms with Crippen molar-refractivity contribution in [2.75, 3.05) is 0 Å². The third-order valence-electron chi connectivity index (χ3n) is 0. The summed E-state index contributed by atoms with van der Waals surface area (Å²) in [7, 11) is -1.43. The normalized spacial score (nSPS) is 15.8. The molecule has 26 valence electrons. The average Bonchev–Trinajstić information content (AvgIpc) is 0.811. The molecule has 0 amide bonds. The van der Waals surface area contributed by atoms with Crippen LogP contribution < -0.4 is 5.50 Å². The molecule has 0 aromatic heterocycles. The number of rotatable bonds is 0. The van der Waals surface area contributed by atoms with E-state index in [-0.39, 0.29) is 0 Å². The highest BCUT2D eigenvalue weighted by atomic mass is 32.7. The molecule has 0 radical (unpaired) electrons. The SMILES string of the molecule is NP(O)S. The van der Waals surface area contributed by atoms with E-state index in [4.69, 9.17) is 4.89 Å². The summed E-state index contributed by atoms with van der Waals surface area (Å²) in [4.78, 5) is 7.76. The van der Waals surface area contributed by atoms with Gasteiger partial charge in [-0.2, -0.15) is 0 Å². The third-order valence-corrected chi connectivity index (χ3v) is 0. The Balaban J connectivity index is 2.32. The first kappa shape index (κ1) is 4.70. The predicted octanol–water partition coefficient (Wildman–Crippen LogP) is 0.0941. The van der Waals surface area contributed by atoms with E-state index < -0.39 is 7.50 Å². The predicted molar refractivity (Wildman–Crippen MR) is 22.3 cm³/mol. The van der Waals surface area contributed by atoms with Crippen LogP contribution in [0.15, 0.2) is 0 Å². The summed E-state index contributed by atoms with van der Waals surface area (Å²) < 4.78 is 0. The lowest BCUT2D eigenvalue weighted by Crippen LogP contribution is -1.71. The third kappa shape index (κ3) is 15.9. The summed E-state index contributed by atoms with van der Waals surface area (Å²) in [5, 5.41) is 0. The van der Waals surface area contributed by atoms with Crippen molar-refractivity contribution in [1.29, 1.82) is 0 Å². The van der Waals surface area contributed by atoms with Crippen LogP contribution in [0.25, 0.3) is 0 Å². The highest BCUT2D eigenvalue weighted by Gasteiger charge is 1.70. The van der Waals surface area contributed by atoms with Gasteiger partial charge in [-0.1, -0.05) is 0 Å². The highest BCUT2D eigenvalue weighted by molar-refractivity contribution is 8.42. The molecule has 4 heteroatoms. The maximum Gasteiger partial charge on any atom is 0.157 e. The van der Waals surface area contributed by atoms with Gasteiger partial charge >= 0.3 is 0 Å². The fourth-order valence-electron chi connectivity index (χ4n) is 0. The Kier molecular flexibility index (Phi) is 2.32. The van der Waals surface area contributed by atoms with E-state index in [1.807, 2.05) is 0 Å². The van der Waals surface area contributed by atoms with Crippen molar-refractivity contribution in [3.8, 4) is 0 Å². The standard InChI is InChI=1S/H4NOPS/c1-3(2)4/h2,4H,1H2. The van der Waals surface area contributed by atoms with Crippen molar-refractivity contribution in [3.63, 3.8) is 0 Å². The fourth-order valence-corrected chi connectivity index (χ4v) is 0. The quantitative estimate of drug-likeness (QED) is 0.296. The van der Waals surface area contributed by atoms with Crippen LogP contribution in [0.1, 0.15) is 0 Å². The zero-order chi connectivity index (χ0) is 3.58. The topological polar surface area (TPSA) is 46.2 Å². The number of hydrogen-bond donors (Lipinski definition) is 3. The van der Waals surface area contributed by atoms with Gasteiger partial charge in [0.05, 0.1) is 0 Å². The number of hydrogen-bond acceptors (Lipinski definition) is 3. The van der Waals surface area contributed by atoms with Gasteiger partial charge in [0, 0.05) is 0 Å². The van der Waals surface area contributed by atoms with E-state index in [1.165, 1.54) is 0 Å². The molecule has 1 atom stereocenters.